The summed E-state index contributed by atoms with van der Waals surface area (Å²) in [5.41, 5.74) is 3.62. The van der Waals surface area contributed by atoms with E-state index in [-0.39, 0.29) is 6.04 Å². The summed E-state index contributed by atoms with van der Waals surface area (Å²) < 4.78 is 1.83. The monoisotopic (exact) mass is 214 g/mol. The molecule has 0 fully saturated rings. The van der Waals surface area contributed by atoms with Gasteiger partial charge in [0.25, 0.3) is 0 Å². The smallest absolute Gasteiger partial charge is 0.0834 e. The van der Waals surface area contributed by atoms with E-state index in [0.717, 1.165) is 18.7 Å². The van der Waals surface area contributed by atoms with Crippen LogP contribution in [0.25, 0.3) is 0 Å². The Morgan fingerprint density at radius 2 is 2.57 bits per heavy atom. The summed E-state index contributed by atoms with van der Waals surface area (Å²) in [6, 6.07) is -0.0255. The maximum Gasteiger partial charge on any atom is 0.0834 e. The second kappa shape index (κ2) is 5.14. The van der Waals surface area contributed by atoms with Crippen LogP contribution < -0.4 is 11.3 Å². The Balaban J connectivity index is 3.00. The molecule has 0 aliphatic carbocycles. The van der Waals surface area contributed by atoms with Gasteiger partial charge in [0.15, 0.2) is 0 Å². The van der Waals surface area contributed by atoms with Crippen LogP contribution in [-0.2, 0) is 6.54 Å². The molecule has 0 saturated carbocycles. The average Bonchev–Trinajstić information content (AvgIpc) is 2.56. The molecule has 4 nitrogen and oxygen atoms in total. The lowest BCUT2D eigenvalue weighted by Crippen LogP contribution is -2.29. The SMILES string of the molecule is C=CCC(NN)c1c(Cl)cnn1CC. The van der Waals surface area contributed by atoms with Gasteiger partial charge in [0.2, 0.25) is 0 Å². The topological polar surface area (TPSA) is 55.9 Å². The third-order valence-corrected chi connectivity index (χ3v) is 2.36. The maximum atomic E-state index is 6.02. The molecule has 0 aromatic carbocycles. The van der Waals surface area contributed by atoms with Crippen molar-refractivity contribution in [3.63, 3.8) is 0 Å². The molecule has 14 heavy (non-hydrogen) atoms. The first-order valence-electron chi connectivity index (χ1n) is 4.52. The summed E-state index contributed by atoms with van der Waals surface area (Å²) >= 11 is 6.02. The predicted molar refractivity (Wildman–Crippen MR) is 57.8 cm³/mol. The van der Waals surface area contributed by atoms with E-state index in [4.69, 9.17) is 17.4 Å². The number of hydrogen-bond acceptors (Lipinski definition) is 3. The van der Waals surface area contributed by atoms with Crippen molar-refractivity contribution in [1.82, 2.24) is 15.2 Å². The van der Waals surface area contributed by atoms with Crippen molar-refractivity contribution in [2.24, 2.45) is 5.84 Å². The van der Waals surface area contributed by atoms with Crippen molar-refractivity contribution in [1.29, 1.82) is 0 Å². The van der Waals surface area contributed by atoms with E-state index in [1.165, 1.54) is 0 Å². The van der Waals surface area contributed by atoms with E-state index in [0.29, 0.717) is 5.02 Å². The number of aromatic nitrogens is 2. The van der Waals surface area contributed by atoms with Crippen molar-refractivity contribution in [2.45, 2.75) is 25.9 Å². The lowest BCUT2D eigenvalue weighted by molar-refractivity contribution is 0.497. The number of aryl methyl sites for hydroxylation is 1. The minimum atomic E-state index is -0.0255. The molecule has 5 heteroatoms. The zero-order valence-corrected chi connectivity index (χ0v) is 8.96. The number of hydrazine groups is 1. The summed E-state index contributed by atoms with van der Waals surface area (Å²) in [6.07, 6.45) is 4.16. The zero-order valence-electron chi connectivity index (χ0n) is 8.20. The molecule has 1 aromatic heterocycles. The maximum absolute atomic E-state index is 6.02. The van der Waals surface area contributed by atoms with E-state index in [1.54, 1.807) is 12.3 Å². The normalized spacial score (nSPS) is 12.8. The third kappa shape index (κ3) is 2.15. The minimum Gasteiger partial charge on any atom is -0.271 e. The van der Waals surface area contributed by atoms with Crippen LogP contribution in [0.2, 0.25) is 5.02 Å². The van der Waals surface area contributed by atoms with Gasteiger partial charge in [-0.25, -0.2) is 0 Å². The molecule has 3 N–H and O–H groups in total. The second-order valence-corrected chi connectivity index (χ2v) is 3.34. The fraction of sp³-hybridized carbons (Fsp3) is 0.444. The van der Waals surface area contributed by atoms with E-state index in [1.807, 2.05) is 11.6 Å². The van der Waals surface area contributed by atoms with Crippen LogP contribution >= 0.6 is 11.6 Å². The molecule has 0 aliphatic rings. The zero-order chi connectivity index (χ0) is 10.6. The number of nitrogens with two attached hydrogens (primary N) is 1. The third-order valence-electron chi connectivity index (χ3n) is 2.07. The van der Waals surface area contributed by atoms with Gasteiger partial charge in [-0.2, -0.15) is 5.10 Å². The van der Waals surface area contributed by atoms with Crippen LogP contribution in [0, 0.1) is 0 Å². The van der Waals surface area contributed by atoms with Crippen LogP contribution in [0.5, 0.6) is 0 Å². The van der Waals surface area contributed by atoms with E-state index in [2.05, 4.69) is 17.1 Å². The summed E-state index contributed by atoms with van der Waals surface area (Å²) in [4.78, 5) is 0. The molecule has 1 atom stereocenters. The molecule has 0 amide bonds. The Hall–Kier alpha value is -0.840. The fourth-order valence-corrected chi connectivity index (χ4v) is 1.67. The molecular weight excluding hydrogens is 200 g/mol. The minimum absolute atomic E-state index is 0.0255. The highest BCUT2D eigenvalue weighted by Gasteiger charge is 2.17. The predicted octanol–water partition coefficient (Wildman–Crippen LogP) is 1.64. The first-order valence-corrected chi connectivity index (χ1v) is 4.90. The molecule has 1 aromatic rings. The fourth-order valence-electron chi connectivity index (χ4n) is 1.40. The molecule has 0 radical (unpaired) electrons. The van der Waals surface area contributed by atoms with Gasteiger partial charge in [0.1, 0.15) is 0 Å². The Kier molecular flexibility index (Phi) is 4.13. The number of nitrogens with one attached hydrogen (secondary N) is 1. The van der Waals surface area contributed by atoms with E-state index < -0.39 is 0 Å². The van der Waals surface area contributed by atoms with Crippen LogP contribution in [0.4, 0.5) is 0 Å². The molecule has 1 rings (SSSR count). The van der Waals surface area contributed by atoms with Gasteiger partial charge in [0, 0.05) is 6.54 Å². The molecule has 0 bridgehead atoms. The number of halogens is 1. The van der Waals surface area contributed by atoms with E-state index >= 15 is 0 Å². The van der Waals surface area contributed by atoms with Crippen molar-refractivity contribution in [2.75, 3.05) is 0 Å². The Morgan fingerprint density at radius 1 is 1.86 bits per heavy atom. The molecule has 78 valence electrons. The quantitative estimate of drug-likeness (QED) is 0.445. The lowest BCUT2D eigenvalue weighted by Gasteiger charge is -2.15. The second-order valence-electron chi connectivity index (χ2n) is 2.94. The molecule has 0 spiro atoms. The van der Waals surface area contributed by atoms with Gasteiger partial charge in [-0.3, -0.25) is 16.0 Å². The largest absolute Gasteiger partial charge is 0.271 e. The van der Waals surface area contributed by atoms with Crippen molar-refractivity contribution in [3.8, 4) is 0 Å². The van der Waals surface area contributed by atoms with Gasteiger partial charge in [0.05, 0.1) is 23.0 Å². The van der Waals surface area contributed by atoms with Gasteiger partial charge < -0.3 is 0 Å². The first kappa shape index (κ1) is 11.2. The van der Waals surface area contributed by atoms with Crippen LogP contribution in [0.1, 0.15) is 25.1 Å². The lowest BCUT2D eigenvalue weighted by atomic mass is 10.1. The highest BCUT2D eigenvalue weighted by Crippen LogP contribution is 2.24. The number of nitrogens with zero attached hydrogens (tertiary/aromatic N) is 2. The van der Waals surface area contributed by atoms with Gasteiger partial charge in [-0.05, 0) is 13.3 Å². The standard InChI is InChI=1S/C9H15ClN4/c1-3-5-8(13-11)9-7(10)6-12-14(9)4-2/h3,6,8,13H,1,4-5,11H2,2H3. The molecule has 1 unspecified atom stereocenters. The van der Waals surface area contributed by atoms with Gasteiger partial charge >= 0.3 is 0 Å². The van der Waals surface area contributed by atoms with E-state index in [9.17, 15) is 0 Å². The Labute approximate surface area is 88.7 Å². The number of hydrogen-bond donors (Lipinski definition) is 2. The Morgan fingerprint density at radius 3 is 3.07 bits per heavy atom. The van der Waals surface area contributed by atoms with Crippen molar-refractivity contribution in [3.05, 3.63) is 29.6 Å². The van der Waals surface area contributed by atoms with Crippen LogP contribution in [0.15, 0.2) is 18.9 Å². The Bertz CT molecular complexity index is 308. The van der Waals surface area contributed by atoms with Crippen LogP contribution in [-0.4, -0.2) is 9.78 Å². The number of rotatable bonds is 5. The van der Waals surface area contributed by atoms with Crippen molar-refractivity contribution < 1.29 is 0 Å². The highest BCUT2D eigenvalue weighted by molar-refractivity contribution is 6.31. The summed E-state index contributed by atoms with van der Waals surface area (Å²) in [7, 11) is 0. The van der Waals surface area contributed by atoms with Gasteiger partial charge in [-0.15, -0.1) is 6.58 Å². The molecular formula is C9H15ClN4. The summed E-state index contributed by atoms with van der Waals surface area (Å²) in [5, 5.41) is 4.78. The summed E-state index contributed by atoms with van der Waals surface area (Å²) in [5.74, 6) is 5.44. The highest BCUT2D eigenvalue weighted by atomic mass is 35.5. The molecule has 1 heterocycles. The van der Waals surface area contributed by atoms with Gasteiger partial charge in [-0.1, -0.05) is 17.7 Å². The van der Waals surface area contributed by atoms with Crippen molar-refractivity contribution >= 4 is 11.6 Å². The summed E-state index contributed by atoms with van der Waals surface area (Å²) in [6.45, 7) is 6.46. The first-order chi connectivity index (χ1) is 6.74. The average molecular weight is 215 g/mol. The molecule has 0 saturated heterocycles. The van der Waals surface area contributed by atoms with Crippen LogP contribution in [0.3, 0.4) is 0 Å². The molecule has 0 aliphatic heterocycles.